The summed E-state index contributed by atoms with van der Waals surface area (Å²) in [6.07, 6.45) is 5.33. The summed E-state index contributed by atoms with van der Waals surface area (Å²) in [7, 11) is 0. The Balaban J connectivity index is 0.00000242. The van der Waals surface area contributed by atoms with Crippen LogP contribution in [-0.4, -0.2) is 9.78 Å². The molecule has 0 unspecified atom stereocenters. The second kappa shape index (κ2) is 7.59. The van der Waals surface area contributed by atoms with Crippen LogP contribution in [0.2, 0.25) is 0 Å². The Kier molecular flexibility index (Phi) is 6.62. The Labute approximate surface area is 149 Å². The molecule has 124 valence electrons. The Morgan fingerprint density at radius 1 is 1.05 bits per heavy atom. The molecule has 0 saturated heterocycles. The van der Waals surface area contributed by atoms with Crippen molar-refractivity contribution in [2.24, 2.45) is 5.92 Å². The first-order valence-corrected chi connectivity index (χ1v) is 7.95. The molecule has 0 aliphatic heterocycles. The molecule has 22 heavy (non-hydrogen) atoms. The van der Waals surface area contributed by atoms with Gasteiger partial charge in [-0.2, -0.15) is 5.10 Å². The van der Waals surface area contributed by atoms with E-state index in [4.69, 9.17) is 0 Å². The van der Waals surface area contributed by atoms with Crippen LogP contribution in [-0.2, 0) is 27.5 Å². The van der Waals surface area contributed by atoms with Gasteiger partial charge in [-0.15, -0.1) is 0 Å². The van der Waals surface area contributed by atoms with Gasteiger partial charge in [0, 0.05) is 38.9 Å². The summed E-state index contributed by atoms with van der Waals surface area (Å²) in [5.41, 5.74) is 8.29. The molecule has 0 saturated carbocycles. The van der Waals surface area contributed by atoms with E-state index in [2.05, 4.69) is 65.8 Å². The number of aryl methyl sites for hydroxylation is 2. The third-order valence-corrected chi connectivity index (χ3v) is 4.21. The molecule has 0 aliphatic carbocycles. The molecule has 0 aliphatic rings. The van der Waals surface area contributed by atoms with Crippen LogP contribution in [0, 0.1) is 26.7 Å². The number of benzene rings is 1. The number of aromatic nitrogens is 2. The molecule has 2 rings (SSSR count). The second-order valence-corrected chi connectivity index (χ2v) is 6.89. The Morgan fingerprint density at radius 3 is 2.18 bits per heavy atom. The number of hydrogen-bond donors (Lipinski definition) is 0. The smallest absolute Gasteiger partial charge is 0.0568 e. The van der Waals surface area contributed by atoms with E-state index in [1.165, 1.54) is 33.4 Å². The molecule has 0 atom stereocenters. The van der Waals surface area contributed by atoms with Gasteiger partial charge in [-0.1, -0.05) is 19.9 Å². The predicted molar refractivity (Wildman–Crippen MR) is 90.8 cm³/mol. The van der Waals surface area contributed by atoms with Gasteiger partial charge in [-0.05, 0) is 74.8 Å². The molecule has 2 nitrogen and oxygen atoms in total. The van der Waals surface area contributed by atoms with Gasteiger partial charge in [-0.25, -0.2) is 0 Å². The standard InChI is InChI=1S/C19H28N2.Pt/c1-12(2)8-18-15(6)9-14(5)16(7)19(18)17-10-20-21(11-17)13(3)4;/h9-13H,8H2,1-7H3;. The average Bonchev–Trinajstić information content (AvgIpc) is 2.85. The van der Waals surface area contributed by atoms with Gasteiger partial charge in [0.25, 0.3) is 0 Å². The SMILES string of the molecule is Cc1cc(C)c(CC(C)C)c(-c2cnn(C(C)C)c2)c1C.[Pt]. The fraction of sp³-hybridized carbons (Fsp3) is 0.526. The van der Waals surface area contributed by atoms with Crippen molar-refractivity contribution in [1.29, 1.82) is 0 Å². The average molecular weight is 480 g/mol. The van der Waals surface area contributed by atoms with E-state index in [1.807, 2.05) is 10.9 Å². The van der Waals surface area contributed by atoms with Crippen molar-refractivity contribution in [2.45, 2.75) is 60.9 Å². The third kappa shape index (κ3) is 3.90. The molecular formula is C19H28N2Pt. The van der Waals surface area contributed by atoms with Gasteiger partial charge in [-0.3, -0.25) is 4.68 Å². The van der Waals surface area contributed by atoms with Crippen LogP contribution < -0.4 is 0 Å². The van der Waals surface area contributed by atoms with Crippen LogP contribution in [0.1, 0.15) is 56.0 Å². The maximum Gasteiger partial charge on any atom is 0.0568 e. The Morgan fingerprint density at radius 2 is 1.68 bits per heavy atom. The molecule has 0 bridgehead atoms. The summed E-state index contributed by atoms with van der Waals surface area (Å²) in [5.74, 6) is 0.657. The first kappa shape index (κ1) is 19.2. The normalized spacial score (nSPS) is 11.1. The molecule has 2 aromatic rings. The molecule has 0 amide bonds. The molecule has 3 heteroatoms. The topological polar surface area (TPSA) is 17.8 Å². The van der Waals surface area contributed by atoms with Crippen molar-refractivity contribution in [3.8, 4) is 11.1 Å². The van der Waals surface area contributed by atoms with Gasteiger partial charge in [0.15, 0.2) is 0 Å². The van der Waals surface area contributed by atoms with Crippen molar-refractivity contribution in [2.75, 3.05) is 0 Å². The van der Waals surface area contributed by atoms with Crippen LogP contribution in [0.3, 0.4) is 0 Å². The van der Waals surface area contributed by atoms with Crippen molar-refractivity contribution < 1.29 is 21.1 Å². The van der Waals surface area contributed by atoms with Crippen LogP contribution in [0.25, 0.3) is 11.1 Å². The van der Waals surface area contributed by atoms with E-state index >= 15 is 0 Å². The van der Waals surface area contributed by atoms with Gasteiger partial charge >= 0.3 is 0 Å². The van der Waals surface area contributed by atoms with E-state index in [0.29, 0.717) is 12.0 Å². The van der Waals surface area contributed by atoms with Gasteiger partial charge in [0.2, 0.25) is 0 Å². The molecule has 1 aromatic heterocycles. The van der Waals surface area contributed by atoms with E-state index in [0.717, 1.165) is 6.42 Å². The van der Waals surface area contributed by atoms with Gasteiger partial charge in [0.05, 0.1) is 6.20 Å². The summed E-state index contributed by atoms with van der Waals surface area (Å²) < 4.78 is 2.05. The van der Waals surface area contributed by atoms with Crippen molar-refractivity contribution in [3.05, 3.63) is 40.7 Å². The van der Waals surface area contributed by atoms with E-state index in [9.17, 15) is 0 Å². The Bertz CT molecular complexity index is 639. The maximum absolute atomic E-state index is 4.53. The van der Waals surface area contributed by atoms with E-state index < -0.39 is 0 Å². The van der Waals surface area contributed by atoms with Crippen LogP contribution in [0.5, 0.6) is 0 Å². The van der Waals surface area contributed by atoms with E-state index in [-0.39, 0.29) is 21.1 Å². The number of nitrogens with zero attached hydrogens (tertiary/aromatic N) is 2. The zero-order chi connectivity index (χ0) is 15.7. The molecule has 1 heterocycles. The van der Waals surface area contributed by atoms with Crippen LogP contribution >= 0.6 is 0 Å². The maximum atomic E-state index is 4.53. The number of hydrogen-bond acceptors (Lipinski definition) is 1. The predicted octanol–water partition coefficient (Wildman–Crippen LogP) is 5.25. The summed E-state index contributed by atoms with van der Waals surface area (Å²) in [6, 6.07) is 2.72. The summed E-state index contributed by atoms with van der Waals surface area (Å²) in [4.78, 5) is 0. The quantitative estimate of drug-likeness (QED) is 0.586. The first-order valence-electron chi connectivity index (χ1n) is 7.95. The van der Waals surface area contributed by atoms with Crippen molar-refractivity contribution in [3.63, 3.8) is 0 Å². The third-order valence-electron chi connectivity index (χ3n) is 4.21. The minimum atomic E-state index is 0. The zero-order valence-corrected chi connectivity index (χ0v) is 17.1. The molecule has 0 spiro atoms. The van der Waals surface area contributed by atoms with Crippen LogP contribution in [0.4, 0.5) is 0 Å². The van der Waals surface area contributed by atoms with Gasteiger partial charge < -0.3 is 0 Å². The van der Waals surface area contributed by atoms with Gasteiger partial charge in [0.1, 0.15) is 0 Å². The van der Waals surface area contributed by atoms with Crippen molar-refractivity contribution >= 4 is 0 Å². The zero-order valence-electron chi connectivity index (χ0n) is 14.8. The fourth-order valence-electron chi connectivity index (χ4n) is 2.95. The number of rotatable bonds is 4. The van der Waals surface area contributed by atoms with Crippen molar-refractivity contribution in [1.82, 2.24) is 9.78 Å². The summed E-state index contributed by atoms with van der Waals surface area (Å²) in [6.45, 7) is 15.6. The molecule has 0 N–H and O–H groups in total. The first-order chi connectivity index (χ1) is 9.81. The molecule has 1 aromatic carbocycles. The molecular weight excluding hydrogens is 451 g/mol. The largest absolute Gasteiger partial charge is 0.270 e. The second-order valence-electron chi connectivity index (χ2n) is 6.89. The fourth-order valence-corrected chi connectivity index (χ4v) is 2.95. The van der Waals surface area contributed by atoms with E-state index in [1.54, 1.807) is 0 Å². The minimum Gasteiger partial charge on any atom is -0.270 e. The molecule has 0 fully saturated rings. The summed E-state index contributed by atoms with van der Waals surface area (Å²) >= 11 is 0. The monoisotopic (exact) mass is 479 g/mol. The Hall–Kier alpha value is -0.882. The van der Waals surface area contributed by atoms with Crippen LogP contribution in [0.15, 0.2) is 18.5 Å². The molecule has 0 radical (unpaired) electrons. The minimum absolute atomic E-state index is 0. The summed E-state index contributed by atoms with van der Waals surface area (Å²) in [5, 5.41) is 4.53.